The number of benzene rings is 3. The Hall–Kier alpha value is -3.51. The van der Waals surface area contributed by atoms with Crippen molar-refractivity contribution in [1.82, 2.24) is 0 Å². The smallest absolute Gasteiger partial charge is 0.115 e. The molecule has 3 aromatic rings. The summed E-state index contributed by atoms with van der Waals surface area (Å²) >= 11 is 0. The summed E-state index contributed by atoms with van der Waals surface area (Å²) in [6.07, 6.45) is 0. The van der Waals surface area contributed by atoms with Crippen LogP contribution in [0.1, 0.15) is 22.3 Å². The molecule has 0 aliphatic heterocycles. The lowest BCUT2D eigenvalue weighted by atomic mass is 9.89. The predicted molar refractivity (Wildman–Crippen MR) is 98.9 cm³/mol. The molecule has 0 unspecified atom stereocenters. The number of hydrogen-bond acceptors (Lipinski definition) is 3. The van der Waals surface area contributed by atoms with Crippen molar-refractivity contribution in [2.45, 2.75) is 6.92 Å². The van der Waals surface area contributed by atoms with Gasteiger partial charge in [-0.15, -0.1) is 0 Å². The van der Waals surface area contributed by atoms with E-state index in [1.54, 1.807) is 48.5 Å². The molecule has 3 rings (SSSR count). The number of nitriles is 1. The second-order valence-corrected chi connectivity index (χ2v) is 5.82. The molecule has 0 spiro atoms. The van der Waals surface area contributed by atoms with Gasteiger partial charge < -0.3 is 10.2 Å². The Kier molecular flexibility index (Phi) is 4.54. The van der Waals surface area contributed by atoms with Crippen LogP contribution >= 0.6 is 0 Å². The highest BCUT2D eigenvalue weighted by Gasteiger charge is 2.14. The number of rotatable bonds is 3. The van der Waals surface area contributed by atoms with E-state index in [0.717, 1.165) is 27.8 Å². The second kappa shape index (κ2) is 6.94. The third-order valence-corrected chi connectivity index (χ3v) is 4.01. The van der Waals surface area contributed by atoms with E-state index in [9.17, 15) is 15.5 Å². The number of phenols is 2. The summed E-state index contributed by atoms with van der Waals surface area (Å²) in [5.41, 5.74) is 4.91. The van der Waals surface area contributed by atoms with Crippen LogP contribution in [0.3, 0.4) is 0 Å². The molecule has 0 amide bonds. The van der Waals surface area contributed by atoms with Gasteiger partial charge in [0.25, 0.3) is 0 Å². The van der Waals surface area contributed by atoms with E-state index in [4.69, 9.17) is 0 Å². The molecule has 0 fully saturated rings. The van der Waals surface area contributed by atoms with Crippen molar-refractivity contribution in [3.63, 3.8) is 0 Å². The highest BCUT2D eigenvalue weighted by Crippen LogP contribution is 2.33. The number of nitrogens with zero attached hydrogens (tertiary/aromatic N) is 1. The predicted octanol–water partition coefficient (Wildman–Crippen LogP) is 4.89. The van der Waals surface area contributed by atoms with E-state index < -0.39 is 0 Å². The van der Waals surface area contributed by atoms with Crippen molar-refractivity contribution in [2.24, 2.45) is 0 Å². The fourth-order valence-corrected chi connectivity index (χ4v) is 2.70. The maximum atomic E-state index is 9.83. The molecule has 2 N–H and O–H groups in total. The normalized spacial score (nSPS) is 11.5. The van der Waals surface area contributed by atoms with Gasteiger partial charge in [0.1, 0.15) is 17.6 Å². The molecule has 0 atom stereocenters. The fraction of sp³-hybridized carbons (Fsp3) is 0.0455. The zero-order valence-electron chi connectivity index (χ0n) is 13.8. The van der Waals surface area contributed by atoms with E-state index in [2.05, 4.69) is 6.07 Å². The first-order valence-corrected chi connectivity index (χ1v) is 7.88. The Morgan fingerprint density at radius 3 is 1.52 bits per heavy atom. The number of allylic oxidation sites excluding steroid dienone is 1. The van der Waals surface area contributed by atoms with Gasteiger partial charge in [-0.1, -0.05) is 42.0 Å². The zero-order valence-corrected chi connectivity index (χ0v) is 13.8. The summed E-state index contributed by atoms with van der Waals surface area (Å²) in [5, 5.41) is 28.9. The second-order valence-electron chi connectivity index (χ2n) is 5.82. The van der Waals surface area contributed by atoms with Gasteiger partial charge in [0.05, 0.1) is 5.57 Å². The number of hydrogen-bond donors (Lipinski definition) is 2. The van der Waals surface area contributed by atoms with Crippen LogP contribution in [-0.2, 0) is 0 Å². The molecular formula is C22H17NO2. The molecule has 0 aliphatic rings. The molecule has 0 heterocycles. The minimum absolute atomic E-state index is 0.155. The molecule has 0 radical (unpaired) electrons. The van der Waals surface area contributed by atoms with Gasteiger partial charge in [0.15, 0.2) is 0 Å². The van der Waals surface area contributed by atoms with Crippen molar-refractivity contribution < 1.29 is 10.2 Å². The van der Waals surface area contributed by atoms with Gasteiger partial charge in [-0.05, 0) is 60.0 Å². The average molecular weight is 327 g/mol. The molecule has 0 aliphatic carbocycles. The standard InChI is InChI=1S/C22H17NO2/c1-15-2-4-17(5-3-15)22(18-8-12-20(25)13-9-18)21(14-23)16-6-10-19(24)11-7-16/h2-13,24-25H,1H3/b22-21+. The number of aryl methyl sites for hydroxylation is 1. The maximum Gasteiger partial charge on any atom is 0.115 e. The Labute approximate surface area is 146 Å². The fourth-order valence-electron chi connectivity index (χ4n) is 2.70. The molecule has 25 heavy (non-hydrogen) atoms. The number of aromatic hydroxyl groups is 2. The molecule has 3 aromatic carbocycles. The van der Waals surface area contributed by atoms with Crippen LogP contribution in [0.5, 0.6) is 11.5 Å². The third-order valence-electron chi connectivity index (χ3n) is 4.01. The van der Waals surface area contributed by atoms with Crippen molar-refractivity contribution in [3.8, 4) is 17.6 Å². The van der Waals surface area contributed by atoms with Crippen LogP contribution < -0.4 is 0 Å². The molecule has 0 aromatic heterocycles. The van der Waals surface area contributed by atoms with Crippen LogP contribution in [0.15, 0.2) is 72.8 Å². The van der Waals surface area contributed by atoms with Crippen LogP contribution in [0, 0.1) is 18.3 Å². The molecule has 3 nitrogen and oxygen atoms in total. The quantitative estimate of drug-likeness (QED) is 0.532. The van der Waals surface area contributed by atoms with Gasteiger partial charge in [-0.25, -0.2) is 0 Å². The minimum Gasteiger partial charge on any atom is -0.508 e. The average Bonchev–Trinajstić information content (AvgIpc) is 2.63. The van der Waals surface area contributed by atoms with Gasteiger partial charge in [0, 0.05) is 5.57 Å². The van der Waals surface area contributed by atoms with Gasteiger partial charge >= 0.3 is 0 Å². The largest absolute Gasteiger partial charge is 0.508 e. The zero-order chi connectivity index (χ0) is 17.8. The first-order chi connectivity index (χ1) is 12.1. The molecule has 0 bridgehead atoms. The van der Waals surface area contributed by atoms with Gasteiger partial charge in [0.2, 0.25) is 0 Å². The topological polar surface area (TPSA) is 64.2 Å². The van der Waals surface area contributed by atoms with Crippen LogP contribution in [0.4, 0.5) is 0 Å². The summed E-state index contributed by atoms with van der Waals surface area (Å²) in [6, 6.07) is 23.6. The molecule has 0 saturated heterocycles. The highest BCUT2D eigenvalue weighted by molar-refractivity contribution is 6.03. The molecule has 0 saturated carbocycles. The summed E-state index contributed by atoms with van der Waals surface area (Å²) in [4.78, 5) is 0. The Bertz CT molecular complexity index is 897. The summed E-state index contributed by atoms with van der Waals surface area (Å²) in [7, 11) is 0. The van der Waals surface area contributed by atoms with Gasteiger partial charge in [-0.2, -0.15) is 5.26 Å². The Morgan fingerprint density at radius 2 is 1.08 bits per heavy atom. The maximum absolute atomic E-state index is 9.83. The van der Waals surface area contributed by atoms with E-state index >= 15 is 0 Å². The third kappa shape index (κ3) is 3.54. The van der Waals surface area contributed by atoms with E-state index in [1.807, 2.05) is 31.2 Å². The SMILES string of the molecule is Cc1ccc(/C(=C(/C#N)c2ccc(O)cc2)c2ccc(O)cc2)cc1. The van der Waals surface area contributed by atoms with Gasteiger partial charge in [-0.3, -0.25) is 0 Å². The minimum atomic E-state index is 0.155. The van der Waals surface area contributed by atoms with Crippen molar-refractivity contribution >= 4 is 11.1 Å². The van der Waals surface area contributed by atoms with Crippen molar-refractivity contribution in [1.29, 1.82) is 5.26 Å². The summed E-state index contributed by atoms with van der Waals surface area (Å²) in [5.74, 6) is 0.331. The summed E-state index contributed by atoms with van der Waals surface area (Å²) < 4.78 is 0. The molecule has 3 heteroatoms. The highest BCUT2D eigenvalue weighted by atomic mass is 16.3. The first kappa shape index (κ1) is 16.4. The van der Waals surface area contributed by atoms with E-state index in [-0.39, 0.29) is 11.5 Å². The van der Waals surface area contributed by atoms with Crippen LogP contribution in [-0.4, -0.2) is 10.2 Å². The summed E-state index contributed by atoms with van der Waals surface area (Å²) in [6.45, 7) is 2.01. The monoisotopic (exact) mass is 327 g/mol. The van der Waals surface area contributed by atoms with Crippen molar-refractivity contribution in [2.75, 3.05) is 0 Å². The molecule has 122 valence electrons. The lowest BCUT2D eigenvalue weighted by Gasteiger charge is -2.13. The lowest BCUT2D eigenvalue weighted by Crippen LogP contribution is -1.94. The molecular weight excluding hydrogens is 310 g/mol. The van der Waals surface area contributed by atoms with Crippen molar-refractivity contribution in [3.05, 3.63) is 95.1 Å². The lowest BCUT2D eigenvalue weighted by molar-refractivity contribution is 0.474. The van der Waals surface area contributed by atoms with E-state index in [0.29, 0.717) is 5.57 Å². The first-order valence-electron chi connectivity index (χ1n) is 7.88. The van der Waals surface area contributed by atoms with E-state index in [1.165, 1.54) is 0 Å². The Morgan fingerprint density at radius 1 is 0.680 bits per heavy atom. The Balaban J connectivity index is 2.28. The van der Waals surface area contributed by atoms with Crippen LogP contribution in [0.2, 0.25) is 0 Å². The number of phenolic OH excluding ortho intramolecular Hbond substituents is 2. The van der Waals surface area contributed by atoms with Crippen LogP contribution in [0.25, 0.3) is 11.1 Å².